The van der Waals surface area contributed by atoms with Gasteiger partial charge >= 0.3 is 0 Å². The molecule has 0 radical (unpaired) electrons. The fourth-order valence-corrected chi connectivity index (χ4v) is 8.24. The van der Waals surface area contributed by atoms with Crippen molar-refractivity contribution < 1.29 is 0 Å². The SMILES string of the molecule is c1ccc(-c2nc(-c3cc4ccccc4cc3-n3c4ccccc4c4ccccc43)nc(-c3cccc4c3sc3ccccc34)n2)cc1. The first-order valence-electron chi connectivity index (χ1n) is 16.0. The molecule has 0 saturated carbocycles. The van der Waals surface area contributed by atoms with E-state index in [1.807, 2.05) is 18.2 Å². The second-order valence-electron chi connectivity index (χ2n) is 12.0. The molecule has 0 spiro atoms. The van der Waals surface area contributed by atoms with Crippen LogP contribution in [0.1, 0.15) is 0 Å². The molecule has 3 aromatic heterocycles. The van der Waals surface area contributed by atoms with E-state index in [1.54, 1.807) is 11.3 Å². The average Bonchev–Trinajstić information content (AvgIpc) is 3.70. The lowest BCUT2D eigenvalue weighted by molar-refractivity contribution is 1.07. The molecule has 0 bridgehead atoms. The van der Waals surface area contributed by atoms with Gasteiger partial charge in [-0.15, -0.1) is 11.3 Å². The summed E-state index contributed by atoms with van der Waals surface area (Å²) in [6.07, 6.45) is 0. The van der Waals surface area contributed by atoms with Gasteiger partial charge in [-0.1, -0.05) is 121 Å². The predicted molar refractivity (Wildman–Crippen MR) is 201 cm³/mol. The first-order valence-corrected chi connectivity index (χ1v) is 16.9. The van der Waals surface area contributed by atoms with Crippen LogP contribution in [-0.2, 0) is 0 Å². The van der Waals surface area contributed by atoms with Crippen LogP contribution in [0.2, 0.25) is 0 Å². The van der Waals surface area contributed by atoms with E-state index >= 15 is 0 Å². The van der Waals surface area contributed by atoms with Crippen LogP contribution < -0.4 is 0 Å². The second kappa shape index (κ2) is 10.7. The lowest BCUT2D eigenvalue weighted by atomic mass is 10.0. The maximum atomic E-state index is 5.33. The summed E-state index contributed by atoms with van der Waals surface area (Å²) in [6.45, 7) is 0. The van der Waals surface area contributed by atoms with E-state index in [-0.39, 0.29) is 0 Å². The molecule has 0 atom stereocenters. The summed E-state index contributed by atoms with van der Waals surface area (Å²) >= 11 is 1.79. The van der Waals surface area contributed by atoms with Gasteiger partial charge in [0.25, 0.3) is 0 Å². The van der Waals surface area contributed by atoms with Crippen molar-refractivity contribution in [1.82, 2.24) is 19.5 Å². The molecule has 0 saturated heterocycles. The van der Waals surface area contributed by atoms with Gasteiger partial charge in [-0.3, -0.25) is 0 Å². The lowest BCUT2D eigenvalue weighted by Gasteiger charge is -2.16. The molecule has 4 nitrogen and oxygen atoms in total. The molecule has 0 fully saturated rings. The van der Waals surface area contributed by atoms with Gasteiger partial charge in [0.2, 0.25) is 0 Å². The third-order valence-electron chi connectivity index (χ3n) is 9.24. The van der Waals surface area contributed by atoms with Crippen LogP contribution in [0.5, 0.6) is 0 Å². The zero-order valence-electron chi connectivity index (χ0n) is 25.7. The van der Waals surface area contributed by atoms with E-state index < -0.39 is 0 Å². The molecule has 0 N–H and O–H groups in total. The number of benzene rings is 7. The monoisotopic (exact) mass is 630 g/mol. The van der Waals surface area contributed by atoms with Gasteiger partial charge in [-0.25, -0.2) is 15.0 Å². The Morgan fingerprint density at radius 2 is 0.979 bits per heavy atom. The molecular weight excluding hydrogens is 605 g/mol. The van der Waals surface area contributed by atoms with E-state index in [4.69, 9.17) is 15.0 Å². The summed E-state index contributed by atoms with van der Waals surface area (Å²) in [5.74, 6) is 1.95. The molecule has 0 aliphatic heterocycles. The Morgan fingerprint density at radius 3 is 1.73 bits per heavy atom. The predicted octanol–water partition coefficient (Wildman–Crippen LogP) is 11.5. The van der Waals surface area contributed by atoms with Gasteiger partial charge in [0, 0.05) is 47.6 Å². The summed E-state index contributed by atoms with van der Waals surface area (Å²) in [4.78, 5) is 15.7. The molecule has 0 aliphatic rings. The van der Waals surface area contributed by atoms with E-state index in [1.165, 1.54) is 30.9 Å². The molecule has 0 amide bonds. The largest absolute Gasteiger partial charge is 0.308 e. The lowest BCUT2D eigenvalue weighted by Crippen LogP contribution is -2.04. The van der Waals surface area contributed by atoms with Crippen LogP contribution in [0.4, 0.5) is 0 Å². The number of aromatic nitrogens is 4. The van der Waals surface area contributed by atoms with Gasteiger partial charge in [-0.05, 0) is 47.2 Å². The van der Waals surface area contributed by atoms with Gasteiger partial charge < -0.3 is 4.57 Å². The van der Waals surface area contributed by atoms with Gasteiger partial charge in [0.15, 0.2) is 17.5 Å². The molecule has 0 unspecified atom stereocenters. The Morgan fingerprint density at radius 1 is 0.417 bits per heavy atom. The number of thiophene rings is 1. The molecule has 224 valence electrons. The highest BCUT2D eigenvalue weighted by molar-refractivity contribution is 7.26. The van der Waals surface area contributed by atoms with Crippen LogP contribution in [-0.4, -0.2) is 19.5 Å². The quantitative estimate of drug-likeness (QED) is 0.194. The number of para-hydroxylation sites is 2. The van der Waals surface area contributed by atoms with Crippen LogP contribution in [0, 0.1) is 0 Å². The third kappa shape index (κ3) is 4.18. The van der Waals surface area contributed by atoms with Crippen molar-refractivity contribution in [3.8, 4) is 39.9 Å². The molecular formula is C43H26N4S. The molecule has 7 aromatic carbocycles. The minimum Gasteiger partial charge on any atom is -0.308 e. The molecule has 0 aliphatic carbocycles. The summed E-state index contributed by atoms with van der Waals surface area (Å²) < 4.78 is 4.79. The zero-order valence-corrected chi connectivity index (χ0v) is 26.5. The standard InChI is InChI=1S/C43H26N4S/c1-2-13-27(14-3-1)41-44-42(34-21-12-20-33-32-19-8-11-24-39(32)48-40(33)34)46-43(45-41)35-25-28-15-4-5-16-29(28)26-38(35)47-36-22-9-6-17-30(36)31-18-7-10-23-37(31)47/h1-26H. The highest BCUT2D eigenvalue weighted by Crippen LogP contribution is 2.41. The zero-order chi connectivity index (χ0) is 31.6. The van der Waals surface area contributed by atoms with Crippen LogP contribution in [0.25, 0.3) is 92.6 Å². The normalized spacial score (nSPS) is 11.8. The number of nitrogens with zero attached hydrogens (tertiary/aromatic N) is 4. The smallest absolute Gasteiger partial charge is 0.166 e. The molecule has 10 rings (SSSR count). The second-order valence-corrected chi connectivity index (χ2v) is 13.1. The van der Waals surface area contributed by atoms with Crippen molar-refractivity contribution in [2.24, 2.45) is 0 Å². The average molecular weight is 631 g/mol. The van der Waals surface area contributed by atoms with E-state index in [2.05, 4.69) is 144 Å². The highest BCUT2D eigenvalue weighted by atomic mass is 32.1. The summed E-state index contributed by atoms with van der Waals surface area (Å²) in [5.41, 5.74) is 6.22. The Labute approximate surface area is 280 Å². The van der Waals surface area contributed by atoms with Crippen molar-refractivity contribution >= 4 is 64.1 Å². The van der Waals surface area contributed by atoms with E-state index in [9.17, 15) is 0 Å². The summed E-state index contributed by atoms with van der Waals surface area (Å²) in [7, 11) is 0. The maximum absolute atomic E-state index is 5.33. The number of fused-ring (bicyclic) bond motifs is 7. The Bertz CT molecular complexity index is 2800. The summed E-state index contributed by atoms with van der Waals surface area (Å²) in [6, 6.07) is 55.5. The van der Waals surface area contributed by atoms with Crippen LogP contribution in [0.3, 0.4) is 0 Å². The number of hydrogen-bond donors (Lipinski definition) is 0. The van der Waals surface area contributed by atoms with Crippen molar-refractivity contribution in [3.63, 3.8) is 0 Å². The Hall–Kier alpha value is -6.17. The summed E-state index contributed by atoms with van der Waals surface area (Å²) in [5, 5.41) is 7.18. The van der Waals surface area contributed by atoms with E-state index in [0.29, 0.717) is 17.5 Å². The van der Waals surface area contributed by atoms with Crippen LogP contribution in [0.15, 0.2) is 158 Å². The highest BCUT2D eigenvalue weighted by Gasteiger charge is 2.21. The van der Waals surface area contributed by atoms with Crippen LogP contribution >= 0.6 is 11.3 Å². The molecule has 3 heterocycles. The fraction of sp³-hybridized carbons (Fsp3) is 0. The van der Waals surface area contributed by atoms with Gasteiger partial charge in [0.05, 0.1) is 16.7 Å². The fourth-order valence-electron chi connectivity index (χ4n) is 7.03. The van der Waals surface area contributed by atoms with Crippen molar-refractivity contribution in [2.75, 3.05) is 0 Å². The maximum Gasteiger partial charge on any atom is 0.166 e. The minimum absolute atomic E-state index is 0.639. The van der Waals surface area contributed by atoms with Gasteiger partial charge in [-0.2, -0.15) is 0 Å². The number of rotatable bonds is 4. The van der Waals surface area contributed by atoms with Crippen molar-refractivity contribution in [2.45, 2.75) is 0 Å². The van der Waals surface area contributed by atoms with Crippen molar-refractivity contribution in [3.05, 3.63) is 158 Å². The third-order valence-corrected chi connectivity index (χ3v) is 10.5. The molecule has 5 heteroatoms. The Kier molecular flexibility index (Phi) is 6.01. The first kappa shape index (κ1) is 27.0. The molecule has 48 heavy (non-hydrogen) atoms. The molecule has 10 aromatic rings. The van der Waals surface area contributed by atoms with E-state index in [0.717, 1.165) is 44.2 Å². The first-order chi connectivity index (χ1) is 23.8. The minimum atomic E-state index is 0.639. The van der Waals surface area contributed by atoms with Crippen molar-refractivity contribution in [1.29, 1.82) is 0 Å². The van der Waals surface area contributed by atoms with Gasteiger partial charge in [0.1, 0.15) is 0 Å². The Balaban J connectivity index is 1.31. The topological polar surface area (TPSA) is 43.6 Å². The number of hydrogen-bond acceptors (Lipinski definition) is 4.